The quantitative estimate of drug-likeness (QED) is 0.547. The van der Waals surface area contributed by atoms with Crippen molar-refractivity contribution >= 4 is 0 Å². The summed E-state index contributed by atoms with van der Waals surface area (Å²) in [5, 5.41) is 0. The smallest absolute Gasteiger partial charge is 0.0679 e. The minimum Gasteiger partial charge on any atom is -0.374 e. The van der Waals surface area contributed by atoms with E-state index in [1.807, 2.05) is 0 Å². The second kappa shape index (κ2) is 3.77. The minimum absolute atomic E-state index is 0.493. The van der Waals surface area contributed by atoms with Gasteiger partial charge in [-0.3, -0.25) is 0 Å². The Morgan fingerprint density at radius 1 is 1.70 bits per heavy atom. The first-order valence-electron chi connectivity index (χ1n) is 4.11. The van der Waals surface area contributed by atoms with Crippen LogP contribution in [0.15, 0.2) is 12.2 Å². The maximum atomic E-state index is 5.47. The standard InChI is InChI=1S/C9H16O/c1-3-4-5-9-6-8(2)7-10-9/h9H,2-7H2,1H3. The summed E-state index contributed by atoms with van der Waals surface area (Å²) in [5.41, 5.74) is 1.26. The molecule has 1 atom stereocenters. The molecule has 1 saturated heterocycles. The number of hydrogen-bond donors (Lipinski definition) is 0. The first-order valence-corrected chi connectivity index (χ1v) is 4.11. The molecular weight excluding hydrogens is 124 g/mol. The van der Waals surface area contributed by atoms with Crippen LogP contribution in [0.4, 0.5) is 0 Å². The van der Waals surface area contributed by atoms with Crippen molar-refractivity contribution in [3.8, 4) is 0 Å². The average molecular weight is 140 g/mol. The van der Waals surface area contributed by atoms with Gasteiger partial charge < -0.3 is 4.74 Å². The van der Waals surface area contributed by atoms with E-state index in [0.29, 0.717) is 6.10 Å². The van der Waals surface area contributed by atoms with E-state index in [1.54, 1.807) is 0 Å². The van der Waals surface area contributed by atoms with Crippen LogP contribution in [0.3, 0.4) is 0 Å². The Morgan fingerprint density at radius 2 is 2.50 bits per heavy atom. The number of ether oxygens (including phenoxy) is 1. The molecule has 0 aliphatic carbocycles. The fourth-order valence-electron chi connectivity index (χ4n) is 1.29. The highest BCUT2D eigenvalue weighted by Crippen LogP contribution is 2.20. The first-order chi connectivity index (χ1) is 4.83. The Bertz CT molecular complexity index is 118. The van der Waals surface area contributed by atoms with Gasteiger partial charge in [0.05, 0.1) is 12.7 Å². The molecule has 1 heterocycles. The van der Waals surface area contributed by atoms with Gasteiger partial charge in [-0.25, -0.2) is 0 Å². The van der Waals surface area contributed by atoms with Crippen LogP contribution >= 0.6 is 0 Å². The third-order valence-corrected chi connectivity index (χ3v) is 1.92. The maximum Gasteiger partial charge on any atom is 0.0679 e. The van der Waals surface area contributed by atoms with E-state index in [4.69, 9.17) is 4.74 Å². The van der Waals surface area contributed by atoms with E-state index in [0.717, 1.165) is 13.0 Å². The summed E-state index contributed by atoms with van der Waals surface area (Å²) in [4.78, 5) is 0. The Labute approximate surface area is 63.1 Å². The molecule has 0 bridgehead atoms. The highest BCUT2D eigenvalue weighted by molar-refractivity contribution is 5.01. The van der Waals surface area contributed by atoms with Crippen LogP contribution < -0.4 is 0 Å². The summed E-state index contributed by atoms with van der Waals surface area (Å²) in [5.74, 6) is 0. The lowest BCUT2D eigenvalue weighted by molar-refractivity contribution is 0.105. The summed E-state index contributed by atoms with van der Waals surface area (Å²) >= 11 is 0. The van der Waals surface area contributed by atoms with Crippen molar-refractivity contribution in [2.45, 2.75) is 38.7 Å². The molecule has 0 amide bonds. The second-order valence-corrected chi connectivity index (χ2v) is 3.03. The molecule has 10 heavy (non-hydrogen) atoms. The third kappa shape index (κ3) is 2.14. The van der Waals surface area contributed by atoms with Gasteiger partial charge in [-0.15, -0.1) is 0 Å². The zero-order valence-electron chi connectivity index (χ0n) is 6.73. The molecule has 0 saturated carbocycles. The predicted octanol–water partition coefficient (Wildman–Crippen LogP) is 2.52. The predicted molar refractivity (Wildman–Crippen MR) is 43.0 cm³/mol. The molecule has 58 valence electrons. The summed E-state index contributed by atoms with van der Waals surface area (Å²) in [6.45, 7) is 6.90. The fraction of sp³-hybridized carbons (Fsp3) is 0.778. The summed E-state index contributed by atoms with van der Waals surface area (Å²) in [6.07, 6.45) is 5.37. The minimum atomic E-state index is 0.493. The molecule has 0 aromatic carbocycles. The van der Waals surface area contributed by atoms with Gasteiger partial charge in [0.25, 0.3) is 0 Å². The van der Waals surface area contributed by atoms with Crippen LogP contribution in [-0.4, -0.2) is 12.7 Å². The molecular formula is C9H16O. The number of hydrogen-bond acceptors (Lipinski definition) is 1. The molecule has 1 heteroatoms. The molecule has 1 rings (SSSR count). The van der Waals surface area contributed by atoms with Crippen molar-refractivity contribution in [1.82, 2.24) is 0 Å². The summed E-state index contributed by atoms with van der Waals surface area (Å²) in [7, 11) is 0. The van der Waals surface area contributed by atoms with Gasteiger partial charge >= 0.3 is 0 Å². The van der Waals surface area contributed by atoms with E-state index >= 15 is 0 Å². The lowest BCUT2D eigenvalue weighted by atomic mass is 10.1. The monoisotopic (exact) mass is 140 g/mol. The van der Waals surface area contributed by atoms with Crippen LogP contribution in [0.5, 0.6) is 0 Å². The first kappa shape index (κ1) is 7.80. The highest BCUT2D eigenvalue weighted by Gasteiger charge is 2.16. The van der Waals surface area contributed by atoms with Crippen LogP contribution in [0, 0.1) is 0 Å². The van der Waals surface area contributed by atoms with Gasteiger partial charge in [0, 0.05) is 0 Å². The summed E-state index contributed by atoms with van der Waals surface area (Å²) < 4.78 is 5.47. The van der Waals surface area contributed by atoms with Gasteiger partial charge in [-0.05, 0) is 18.4 Å². The van der Waals surface area contributed by atoms with Crippen molar-refractivity contribution in [3.05, 3.63) is 12.2 Å². The van der Waals surface area contributed by atoms with E-state index in [2.05, 4.69) is 13.5 Å². The molecule has 0 spiro atoms. The molecule has 1 unspecified atom stereocenters. The van der Waals surface area contributed by atoms with Gasteiger partial charge in [0.1, 0.15) is 0 Å². The molecule has 1 fully saturated rings. The van der Waals surface area contributed by atoms with E-state index < -0.39 is 0 Å². The Morgan fingerprint density at radius 3 is 3.00 bits per heavy atom. The SMILES string of the molecule is C=C1COC(CCCC)C1. The maximum absolute atomic E-state index is 5.47. The average Bonchev–Trinajstić information content (AvgIpc) is 2.31. The number of unbranched alkanes of at least 4 members (excludes halogenated alkanes) is 1. The normalized spacial score (nSPS) is 25.7. The van der Waals surface area contributed by atoms with Crippen LogP contribution in [0.2, 0.25) is 0 Å². The molecule has 0 N–H and O–H groups in total. The van der Waals surface area contributed by atoms with Gasteiger partial charge in [0.15, 0.2) is 0 Å². The van der Waals surface area contributed by atoms with Crippen molar-refractivity contribution in [3.63, 3.8) is 0 Å². The second-order valence-electron chi connectivity index (χ2n) is 3.03. The fourth-order valence-corrected chi connectivity index (χ4v) is 1.29. The van der Waals surface area contributed by atoms with E-state index in [9.17, 15) is 0 Å². The van der Waals surface area contributed by atoms with Crippen molar-refractivity contribution in [1.29, 1.82) is 0 Å². The summed E-state index contributed by atoms with van der Waals surface area (Å²) in [6, 6.07) is 0. The molecule has 1 aliphatic heterocycles. The van der Waals surface area contributed by atoms with Gasteiger partial charge in [0.2, 0.25) is 0 Å². The highest BCUT2D eigenvalue weighted by atomic mass is 16.5. The van der Waals surface area contributed by atoms with Crippen LogP contribution in [0.1, 0.15) is 32.6 Å². The van der Waals surface area contributed by atoms with E-state index in [-0.39, 0.29) is 0 Å². The Hall–Kier alpha value is -0.300. The lowest BCUT2D eigenvalue weighted by Crippen LogP contribution is -2.03. The van der Waals surface area contributed by atoms with E-state index in [1.165, 1.54) is 24.8 Å². The zero-order chi connectivity index (χ0) is 7.40. The van der Waals surface area contributed by atoms with Crippen molar-refractivity contribution in [2.24, 2.45) is 0 Å². The molecule has 0 radical (unpaired) electrons. The third-order valence-electron chi connectivity index (χ3n) is 1.92. The van der Waals surface area contributed by atoms with Gasteiger partial charge in [-0.1, -0.05) is 26.3 Å². The largest absolute Gasteiger partial charge is 0.374 e. The lowest BCUT2D eigenvalue weighted by Gasteiger charge is -2.05. The Kier molecular flexibility index (Phi) is 2.94. The number of rotatable bonds is 3. The Balaban J connectivity index is 2.12. The van der Waals surface area contributed by atoms with Gasteiger partial charge in [-0.2, -0.15) is 0 Å². The van der Waals surface area contributed by atoms with Crippen LogP contribution in [-0.2, 0) is 4.74 Å². The topological polar surface area (TPSA) is 9.23 Å². The molecule has 0 aromatic rings. The molecule has 0 aromatic heterocycles. The molecule has 1 nitrogen and oxygen atoms in total. The van der Waals surface area contributed by atoms with Crippen molar-refractivity contribution < 1.29 is 4.74 Å². The molecule has 1 aliphatic rings. The van der Waals surface area contributed by atoms with Crippen LogP contribution in [0.25, 0.3) is 0 Å². The van der Waals surface area contributed by atoms with Crippen molar-refractivity contribution in [2.75, 3.05) is 6.61 Å². The zero-order valence-corrected chi connectivity index (χ0v) is 6.73.